The topological polar surface area (TPSA) is 85.3 Å². The van der Waals surface area contributed by atoms with E-state index >= 15 is 0 Å². The first-order chi connectivity index (χ1) is 10.3. The molecule has 1 aliphatic heterocycles. The number of aliphatic hydroxyl groups excluding tert-OH is 2. The third-order valence-electron chi connectivity index (χ3n) is 4.08. The largest absolute Gasteiger partial charge is 0.396 e. The molecule has 0 aliphatic carbocycles. The Balaban J connectivity index is 1.71. The summed E-state index contributed by atoms with van der Waals surface area (Å²) in [7, 11) is 0. The third-order valence-corrected chi connectivity index (χ3v) is 4.08. The normalized spacial score (nSPS) is 23.3. The van der Waals surface area contributed by atoms with Gasteiger partial charge in [0.25, 0.3) is 0 Å². The minimum atomic E-state index is -0.476. The van der Waals surface area contributed by atoms with E-state index < -0.39 is 6.10 Å². The molecule has 3 N–H and O–H groups in total. The molecule has 1 fully saturated rings. The highest BCUT2D eigenvalue weighted by atomic mass is 16.3. The first-order valence-corrected chi connectivity index (χ1v) is 7.24. The van der Waals surface area contributed by atoms with Crippen molar-refractivity contribution in [3.63, 3.8) is 0 Å². The summed E-state index contributed by atoms with van der Waals surface area (Å²) in [5.41, 5.74) is 2.78. The van der Waals surface area contributed by atoms with Crippen molar-refractivity contribution >= 4 is 0 Å². The molecular formula is C15H20N4O2. The van der Waals surface area contributed by atoms with Crippen molar-refractivity contribution in [3.05, 3.63) is 36.0 Å². The summed E-state index contributed by atoms with van der Waals surface area (Å²) in [5, 5.41) is 30.4. The second kappa shape index (κ2) is 6.34. The Labute approximate surface area is 123 Å². The molecule has 1 aliphatic rings. The number of hydrogen-bond acceptors (Lipinski definition) is 5. The highest BCUT2D eigenvalue weighted by Crippen LogP contribution is 2.23. The fourth-order valence-electron chi connectivity index (χ4n) is 2.80. The zero-order chi connectivity index (χ0) is 14.7. The van der Waals surface area contributed by atoms with Gasteiger partial charge in [-0.1, -0.05) is 30.3 Å². The van der Waals surface area contributed by atoms with Crippen molar-refractivity contribution in [1.29, 1.82) is 0 Å². The van der Waals surface area contributed by atoms with E-state index in [0.29, 0.717) is 13.1 Å². The molecule has 0 unspecified atom stereocenters. The lowest BCUT2D eigenvalue weighted by Crippen LogP contribution is -2.44. The molecule has 1 saturated heterocycles. The molecule has 2 atom stereocenters. The van der Waals surface area contributed by atoms with Gasteiger partial charge in [-0.25, -0.2) is 0 Å². The number of hydrogen-bond donors (Lipinski definition) is 3. The van der Waals surface area contributed by atoms with E-state index in [9.17, 15) is 10.2 Å². The number of likely N-dealkylation sites (tertiary alicyclic amines) is 1. The van der Waals surface area contributed by atoms with Gasteiger partial charge in [0.15, 0.2) is 0 Å². The monoisotopic (exact) mass is 288 g/mol. The number of β-amino-alcohol motifs (C(OH)–C–C–N with tert-alkyl or cyclic N) is 1. The average Bonchev–Trinajstić information content (AvgIpc) is 2.96. The van der Waals surface area contributed by atoms with E-state index in [2.05, 4.69) is 20.3 Å². The number of nitrogens with zero attached hydrogens (tertiary/aromatic N) is 3. The number of piperidine rings is 1. The predicted molar refractivity (Wildman–Crippen MR) is 78.3 cm³/mol. The predicted octanol–water partition coefficient (Wildman–Crippen LogP) is 0.647. The van der Waals surface area contributed by atoms with E-state index in [1.165, 1.54) is 0 Å². The Bertz CT molecular complexity index is 572. The first-order valence-electron chi connectivity index (χ1n) is 7.24. The van der Waals surface area contributed by atoms with Crippen LogP contribution in [0.1, 0.15) is 12.1 Å². The minimum absolute atomic E-state index is 0.00727. The average molecular weight is 288 g/mol. The number of benzene rings is 1. The SMILES string of the molecule is OC[C@H]1CCN(Cc2n[nH]nc2-c2ccccc2)C[C@H]1O. The molecule has 1 aromatic heterocycles. The standard InChI is InChI=1S/C15H20N4O2/c20-10-12-6-7-19(9-14(12)21)8-13-15(17-18-16-13)11-4-2-1-3-5-11/h1-5,12,14,20-21H,6-10H2,(H,16,17,18)/t12-,14-/m1/s1. The van der Waals surface area contributed by atoms with Gasteiger partial charge < -0.3 is 10.2 Å². The van der Waals surface area contributed by atoms with Gasteiger partial charge in [0.05, 0.1) is 6.10 Å². The summed E-state index contributed by atoms with van der Waals surface area (Å²) in [6, 6.07) is 9.94. The van der Waals surface area contributed by atoms with E-state index in [4.69, 9.17) is 0 Å². The number of aromatic amines is 1. The van der Waals surface area contributed by atoms with E-state index in [1.807, 2.05) is 30.3 Å². The first kappa shape index (κ1) is 14.2. The van der Waals surface area contributed by atoms with Crippen LogP contribution in [0, 0.1) is 5.92 Å². The van der Waals surface area contributed by atoms with Crippen LogP contribution in [0.5, 0.6) is 0 Å². The summed E-state index contributed by atoms with van der Waals surface area (Å²) in [5.74, 6) is -0.00727. The second-order valence-corrected chi connectivity index (χ2v) is 5.52. The molecule has 0 radical (unpaired) electrons. The number of nitrogens with one attached hydrogen (secondary N) is 1. The van der Waals surface area contributed by atoms with Crippen LogP contribution >= 0.6 is 0 Å². The highest BCUT2D eigenvalue weighted by Gasteiger charge is 2.28. The molecule has 1 aromatic carbocycles. The molecular weight excluding hydrogens is 268 g/mol. The van der Waals surface area contributed by atoms with Crippen LogP contribution < -0.4 is 0 Å². The van der Waals surface area contributed by atoms with Crippen LogP contribution in [0.15, 0.2) is 30.3 Å². The minimum Gasteiger partial charge on any atom is -0.396 e. The van der Waals surface area contributed by atoms with Crippen molar-refractivity contribution in [2.75, 3.05) is 19.7 Å². The van der Waals surface area contributed by atoms with Gasteiger partial charge >= 0.3 is 0 Å². The Morgan fingerprint density at radius 1 is 1.24 bits per heavy atom. The van der Waals surface area contributed by atoms with Crippen molar-refractivity contribution in [1.82, 2.24) is 20.3 Å². The highest BCUT2D eigenvalue weighted by molar-refractivity contribution is 5.60. The zero-order valence-corrected chi connectivity index (χ0v) is 11.8. The maximum absolute atomic E-state index is 10.0. The van der Waals surface area contributed by atoms with Gasteiger partial charge in [-0.2, -0.15) is 15.4 Å². The molecule has 6 heteroatoms. The van der Waals surface area contributed by atoms with Crippen LogP contribution in [0.3, 0.4) is 0 Å². The molecule has 6 nitrogen and oxygen atoms in total. The molecule has 0 bridgehead atoms. The lowest BCUT2D eigenvalue weighted by molar-refractivity contribution is -0.00475. The Morgan fingerprint density at radius 3 is 2.76 bits per heavy atom. The van der Waals surface area contributed by atoms with Crippen LogP contribution in [-0.2, 0) is 6.54 Å². The van der Waals surface area contributed by atoms with Crippen molar-refractivity contribution in [2.45, 2.75) is 19.1 Å². The summed E-state index contributed by atoms with van der Waals surface area (Å²) in [6.07, 6.45) is 0.326. The Kier molecular flexibility index (Phi) is 4.28. The van der Waals surface area contributed by atoms with Crippen LogP contribution in [0.25, 0.3) is 11.3 Å². The van der Waals surface area contributed by atoms with Gasteiger partial charge in [-0.15, -0.1) is 0 Å². The molecule has 0 spiro atoms. The fourth-order valence-corrected chi connectivity index (χ4v) is 2.80. The molecule has 21 heavy (non-hydrogen) atoms. The summed E-state index contributed by atoms with van der Waals surface area (Å²) < 4.78 is 0. The number of aromatic nitrogens is 3. The van der Waals surface area contributed by atoms with Crippen LogP contribution in [0.4, 0.5) is 0 Å². The maximum Gasteiger partial charge on any atom is 0.117 e. The smallest absolute Gasteiger partial charge is 0.117 e. The molecule has 3 rings (SSSR count). The Morgan fingerprint density at radius 2 is 2.05 bits per heavy atom. The zero-order valence-electron chi connectivity index (χ0n) is 11.8. The fraction of sp³-hybridized carbons (Fsp3) is 0.467. The van der Waals surface area contributed by atoms with E-state index in [0.717, 1.165) is 29.9 Å². The Hall–Kier alpha value is -1.76. The molecule has 0 amide bonds. The number of H-pyrrole nitrogens is 1. The van der Waals surface area contributed by atoms with E-state index in [-0.39, 0.29) is 12.5 Å². The number of aliphatic hydroxyl groups is 2. The lowest BCUT2D eigenvalue weighted by atomic mass is 9.94. The van der Waals surface area contributed by atoms with Crippen LogP contribution in [-0.4, -0.2) is 56.3 Å². The van der Waals surface area contributed by atoms with Gasteiger partial charge in [0, 0.05) is 31.2 Å². The van der Waals surface area contributed by atoms with Crippen molar-refractivity contribution in [2.24, 2.45) is 5.92 Å². The maximum atomic E-state index is 10.0. The van der Waals surface area contributed by atoms with Crippen LogP contribution in [0.2, 0.25) is 0 Å². The quantitative estimate of drug-likeness (QED) is 0.769. The van der Waals surface area contributed by atoms with Crippen molar-refractivity contribution in [3.8, 4) is 11.3 Å². The lowest BCUT2D eigenvalue weighted by Gasteiger charge is -2.34. The van der Waals surface area contributed by atoms with Gasteiger partial charge in [0.1, 0.15) is 11.4 Å². The summed E-state index contributed by atoms with van der Waals surface area (Å²) >= 11 is 0. The molecule has 0 saturated carbocycles. The van der Waals surface area contributed by atoms with Gasteiger partial charge in [0.2, 0.25) is 0 Å². The molecule has 2 aromatic rings. The van der Waals surface area contributed by atoms with Crippen molar-refractivity contribution < 1.29 is 10.2 Å². The number of rotatable bonds is 4. The summed E-state index contributed by atoms with van der Waals surface area (Å²) in [4.78, 5) is 2.15. The van der Waals surface area contributed by atoms with E-state index in [1.54, 1.807) is 0 Å². The van der Waals surface area contributed by atoms with Gasteiger partial charge in [-0.3, -0.25) is 4.90 Å². The third kappa shape index (κ3) is 3.12. The molecule has 112 valence electrons. The van der Waals surface area contributed by atoms with Gasteiger partial charge in [-0.05, 0) is 13.0 Å². The second-order valence-electron chi connectivity index (χ2n) is 5.52. The molecule has 2 heterocycles. The summed E-state index contributed by atoms with van der Waals surface area (Å²) in [6.45, 7) is 2.11.